The predicted molar refractivity (Wildman–Crippen MR) is 72.0 cm³/mol. The lowest BCUT2D eigenvalue weighted by atomic mass is 10.3. The van der Waals surface area contributed by atoms with Crippen LogP contribution >= 0.6 is 11.6 Å². The summed E-state index contributed by atoms with van der Waals surface area (Å²) in [6, 6.07) is 0. The molecule has 0 saturated heterocycles. The smallest absolute Gasteiger partial charge is 0.153 e. The van der Waals surface area contributed by atoms with Crippen LogP contribution < -0.4 is 5.73 Å². The van der Waals surface area contributed by atoms with Gasteiger partial charge in [0.25, 0.3) is 0 Å². The van der Waals surface area contributed by atoms with Gasteiger partial charge in [0.05, 0.1) is 23.0 Å². The molecule has 1 aromatic rings. The Balaban J connectivity index is 2.87. The second-order valence-corrected chi connectivity index (χ2v) is 4.43. The minimum Gasteiger partial charge on any atom is -0.409 e. The minimum atomic E-state index is 0.187. The summed E-state index contributed by atoms with van der Waals surface area (Å²) in [7, 11) is 0. The summed E-state index contributed by atoms with van der Waals surface area (Å²) >= 11 is 6.24. The van der Waals surface area contributed by atoms with Crippen molar-refractivity contribution in [3.8, 4) is 0 Å². The lowest BCUT2D eigenvalue weighted by Gasteiger charge is -2.20. The van der Waals surface area contributed by atoms with Crippen LogP contribution in [-0.2, 0) is 13.1 Å². The van der Waals surface area contributed by atoms with Crippen molar-refractivity contribution in [2.75, 3.05) is 13.1 Å². The molecule has 0 atom stereocenters. The number of hydrogen-bond acceptors (Lipinski definition) is 4. The van der Waals surface area contributed by atoms with Crippen LogP contribution in [0.3, 0.4) is 0 Å². The van der Waals surface area contributed by atoms with Crippen molar-refractivity contribution in [1.29, 1.82) is 0 Å². The molecule has 0 aromatic carbocycles. The molecule has 0 radical (unpaired) electrons. The van der Waals surface area contributed by atoms with Gasteiger partial charge in [-0.25, -0.2) is 0 Å². The summed E-state index contributed by atoms with van der Waals surface area (Å²) < 4.78 is 1.88. The van der Waals surface area contributed by atoms with E-state index in [0.29, 0.717) is 18.1 Å². The number of oxime groups is 1. The zero-order valence-corrected chi connectivity index (χ0v) is 11.8. The van der Waals surface area contributed by atoms with Crippen LogP contribution in [-0.4, -0.2) is 38.8 Å². The van der Waals surface area contributed by atoms with Crippen molar-refractivity contribution >= 4 is 17.4 Å². The Kier molecular flexibility index (Phi) is 5.43. The Bertz CT molecular complexity index is 429. The summed E-state index contributed by atoms with van der Waals surface area (Å²) in [4.78, 5) is 2.03. The fraction of sp³-hybridized carbons (Fsp3) is 0.636. The molecule has 3 N–H and O–H groups in total. The van der Waals surface area contributed by atoms with Crippen LogP contribution in [0.25, 0.3) is 0 Å². The third-order valence-corrected chi connectivity index (χ3v) is 3.28. The lowest BCUT2D eigenvalue weighted by Crippen LogP contribution is -2.34. The van der Waals surface area contributed by atoms with Crippen LogP contribution in [0.5, 0.6) is 0 Å². The fourth-order valence-corrected chi connectivity index (χ4v) is 1.97. The van der Waals surface area contributed by atoms with Gasteiger partial charge in [0, 0.05) is 13.1 Å². The first-order valence-electron chi connectivity index (χ1n) is 5.93. The number of nitrogens with zero attached hydrogens (tertiary/aromatic N) is 4. The molecular weight excluding hydrogens is 254 g/mol. The Morgan fingerprint density at radius 2 is 2.22 bits per heavy atom. The van der Waals surface area contributed by atoms with Gasteiger partial charge in [-0.05, 0) is 20.4 Å². The molecule has 0 spiro atoms. The molecular formula is C11H20ClN5O. The molecule has 6 nitrogen and oxygen atoms in total. The van der Waals surface area contributed by atoms with E-state index in [1.54, 1.807) is 0 Å². The topological polar surface area (TPSA) is 79.7 Å². The van der Waals surface area contributed by atoms with Gasteiger partial charge in [-0.1, -0.05) is 23.7 Å². The van der Waals surface area contributed by atoms with E-state index < -0.39 is 0 Å². The van der Waals surface area contributed by atoms with Gasteiger partial charge in [0.1, 0.15) is 0 Å². The third kappa shape index (κ3) is 3.36. The molecule has 0 bridgehead atoms. The van der Waals surface area contributed by atoms with Crippen LogP contribution in [0.2, 0.25) is 5.02 Å². The monoisotopic (exact) mass is 273 g/mol. The zero-order chi connectivity index (χ0) is 13.7. The molecule has 102 valence electrons. The largest absolute Gasteiger partial charge is 0.409 e. The molecule has 7 heteroatoms. The molecule has 0 unspecified atom stereocenters. The normalized spacial score (nSPS) is 12.4. The maximum absolute atomic E-state index is 8.60. The minimum absolute atomic E-state index is 0.187. The van der Waals surface area contributed by atoms with Gasteiger partial charge < -0.3 is 10.9 Å². The quantitative estimate of drug-likeness (QED) is 0.356. The van der Waals surface area contributed by atoms with E-state index in [4.69, 9.17) is 22.5 Å². The highest BCUT2D eigenvalue weighted by Gasteiger charge is 2.16. The molecule has 1 aromatic heterocycles. The number of hydrogen-bond donors (Lipinski definition) is 2. The van der Waals surface area contributed by atoms with Gasteiger partial charge in [0.15, 0.2) is 5.84 Å². The number of amidine groups is 1. The summed E-state index contributed by atoms with van der Waals surface area (Å²) in [6.07, 6.45) is 0. The van der Waals surface area contributed by atoms with Gasteiger partial charge in [-0.2, -0.15) is 5.10 Å². The molecule has 0 aliphatic heterocycles. The van der Waals surface area contributed by atoms with Crippen molar-refractivity contribution in [2.45, 2.75) is 33.9 Å². The molecule has 0 aliphatic rings. The van der Waals surface area contributed by atoms with Gasteiger partial charge in [0.2, 0.25) is 0 Å². The molecule has 18 heavy (non-hydrogen) atoms. The highest BCUT2D eigenvalue weighted by molar-refractivity contribution is 6.31. The first-order chi connectivity index (χ1) is 8.53. The van der Waals surface area contributed by atoms with Crippen molar-refractivity contribution in [3.63, 3.8) is 0 Å². The maximum Gasteiger partial charge on any atom is 0.153 e. The molecule has 1 rings (SSSR count). The summed E-state index contributed by atoms with van der Waals surface area (Å²) in [5, 5.41) is 16.6. The molecule has 0 aliphatic carbocycles. The number of likely N-dealkylation sites (N-methyl/N-ethyl adjacent to an activating group) is 1. The van der Waals surface area contributed by atoms with E-state index in [-0.39, 0.29) is 5.84 Å². The summed E-state index contributed by atoms with van der Waals surface area (Å²) in [6.45, 7) is 8.49. The summed E-state index contributed by atoms with van der Waals surface area (Å²) in [5.74, 6) is 0.187. The molecule has 0 saturated carbocycles. The van der Waals surface area contributed by atoms with E-state index >= 15 is 0 Å². The Morgan fingerprint density at radius 3 is 2.72 bits per heavy atom. The highest BCUT2D eigenvalue weighted by Crippen LogP contribution is 2.21. The Labute approximate surface area is 112 Å². The van der Waals surface area contributed by atoms with E-state index in [9.17, 15) is 0 Å². The van der Waals surface area contributed by atoms with Crippen molar-refractivity contribution in [3.05, 3.63) is 16.4 Å². The maximum atomic E-state index is 8.60. The van der Waals surface area contributed by atoms with E-state index in [2.05, 4.69) is 10.3 Å². The summed E-state index contributed by atoms with van der Waals surface area (Å²) in [5.41, 5.74) is 7.31. The number of aryl methyl sites for hydroxylation is 2. The first kappa shape index (κ1) is 14.8. The molecule has 0 amide bonds. The van der Waals surface area contributed by atoms with E-state index in [1.165, 1.54) is 0 Å². The first-order valence-corrected chi connectivity index (χ1v) is 6.31. The highest BCUT2D eigenvalue weighted by atomic mass is 35.5. The number of nitrogens with two attached hydrogens (primary N) is 1. The zero-order valence-electron chi connectivity index (χ0n) is 11.0. The van der Waals surface area contributed by atoms with Gasteiger partial charge in [-0.3, -0.25) is 9.58 Å². The Hall–Kier alpha value is -1.27. The standard InChI is InChI=1S/C11H20ClN5O/c1-4-16(7-10(13)15-18)6-9-11(12)8(3)14-17(9)5-2/h18H,4-7H2,1-3H3,(H2,13,15). The lowest BCUT2D eigenvalue weighted by molar-refractivity contribution is 0.289. The van der Waals surface area contributed by atoms with E-state index in [0.717, 1.165) is 24.5 Å². The second-order valence-electron chi connectivity index (χ2n) is 4.06. The van der Waals surface area contributed by atoms with Crippen molar-refractivity contribution in [2.24, 2.45) is 10.9 Å². The van der Waals surface area contributed by atoms with Crippen LogP contribution in [0.1, 0.15) is 25.2 Å². The third-order valence-electron chi connectivity index (χ3n) is 2.79. The number of aromatic nitrogens is 2. The SMILES string of the molecule is CCN(CC(N)=NO)Cc1c(Cl)c(C)nn1CC. The fourth-order valence-electron chi connectivity index (χ4n) is 1.77. The predicted octanol–water partition coefficient (Wildman–Crippen LogP) is 1.43. The number of halogens is 1. The molecule has 1 heterocycles. The van der Waals surface area contributed by atoms with Crippen LogP contribution in [0.15, 0.2) is 5.16 Å². The van der Waals surface area contributed by atoms with Gasteiger partial charge in [-0.15, -0.1) is 0 Å². The average molecular weight is 274 g/mol. The van der Waals surface area contributed by atoms with Gasteiger partial charge >= 0.3 is 0 Å². The molecule has 0 fully saturated rings. The average Bonchev–Trinajstić information content (AvgIpc) is 2.65. The van der Waals surface area contributed by atoms with Crippen molar-refractivity contribution < 1.29 is 5.21 Å². The second kappa shape index (κ2) is 6.61. The van der Waals surface area contributed by atoms with Crippen LogP contribution in [0.4, 0.5) is 0 Å². The number of rotatable bonds is 6. The van der Waals surface area contributed by atoms with Crippen LogP contribution in [0, 0.1) is 6.92 Å². The Morgan fingerprint density at radius 1 is 1.56 bits per heavy atom. The van der Waals surface area contributed by atoms with Crippen molar-refractivity contribution in [1.82, 2.24) is 14.7 Å². The van der Waals surface area contributed by atoms with E-state index in [1.807, 2.05) is 30.4 Å².